The van der Waals surface area contributed by atoms with Crippen molar-refractivity contribution < 1.29 is 14.7 Å². The maximum Gasteiger partial charge on any atom is 0.308 e. The van der Waals surface area contributed by atoms with E-state index in [1.54, 1.807) is 0 Å². The summed E-state index contributed by atoms with van der Waals surface area (Å²) in [6.07, 6.45) is 2.63. The van der Waals surface area contributed by atoms with E-state index >= 15 is 0 Å². The fraction of sp³-hybridized carbons (Fsp3) is 0.400. The molecule has 1 amide bonds. The van der Waals surface area contributed by atoms with Gasteiger partial charge in [-0.2, -0.15) is 0 Å². The van der Waals surface area contributed by atoms with Crippen LogP contribution in [0.3, 0.4) is 0 Å². The summed E-state index contributed by atoms with van der Waals surface area (Å²) >= 11 is 0. The number of carboxylic acids is 1. The molecular weight excluding hydrogens is 302 g/mol. The van der Waals surface area contributed by atoms with Crippen LogP contribution in [0.25, 0.3) is 10.8 Å². The van der Waals surface area contributed by atoms with Crippen LogP contribution in [-0.4, -0.2) is 23.5 Å². The molecule has 2 N–H and O–H groups in total. The molecule has 1 aliphatic carbocycles. The number of hydrogen-bond donors (Lipinski definition) is 2. The average molecular weight is 325 g/mol. The highest BCUT2D eigenvalue weighted by molar-refractivity contribution is 5.83. The Bertz CT molecular complexity index is 751. The summed E-state index contributed by atoms with van der Waals surface area (Å²) in [7, 11) is 0. The van der Waals surface area contributed by atoms with Gasteiger partial charge in [0.1, 0.15) is 0 Å². The molecule has 1 aliphatic rings. The van der Waals surface area contributed by atoms with Gasteiger partial charge >= 0.3 is 5.97 Å². The lowest BCUT2D eigenvalue weighted by atomic mass is 9.96. The second-order valence-electron chi connectivity index (χ2n) is 6.79. The Labute approximate surface area is 141 Å². The predicted octanol–water partition coefficient (Wildman–Crippen LogP) is 3.25. The van der Waals surface area contributed by atoms with E-state index in [2.05, 4.69) is 5.32 Å². The van der Waals surface area contributed by atoms with Crippen molar-refractivity contribution in [2.45, 2.75) is 26.2 Å². The van der Waals surface area contributed by atoms with Crippen LogP contribution in [0.15, 0.2) is 42.5 Å². The van der Waals surface area contributed by atoms with E-state index in [0.717, 1.165) is 29.2 Å². The molecule has 3 rings (SSSR count). The molecule has 0 radical (unpaired) electrons. The first kappa shape index (κ1) is 16.5. The zero-order valence-corrected chi connectivity index (χ0v) is 13.9. The summed E-state index contributed by atoms with van der Waals surface area (Å²) in [5, 5.41) is 14.5. The van der Waals surface area contributed by atoms with Gasteiger partial charge in [-0.3, -0.25) is 9.59 Å². The highest BCUT2D eigenvalue weighted by atomic mass is 16.4. The van der Waals surface area contributed by atoms with E-state index in [1.807, 2.05) is 49.4 Å². The second-order valence-corrected chi connectivity index (χ2v) is 6.79. The minimum absolute atomic E-state index is 0.0138. The molecule has 0 heterocycles. The number of rotatable bonds is 7. The van der Waals surface area contributed by atoms with Gasteiger partial charge < -0.3 is 10.4 Å². The van der Waals surface area contributed by atoms with Gasteiger partial charge in [0.25, 0.3) is 0 Å². The number of nitrogens with one attached hydrogen (secondary N) is 1. The monoisotopic (exact) mass is 325 g/mol. The maximum atomic E-state index is 12.1. The van der Waals surface area contributed by atoms with E-state index < -0.39 is 11.9 Å². The molecule has 2 unspecified atom stereocenters. The number of carboxylic acid groups (broad SMARTS) is 1. The summed E-state index contributed by atoms with van der Waals surface area (Å²) in [5.41, 5.74) is 0.977. The molecule has 2 aromatic rings. The van der Waals surface area contributed by atoms with Gasteiger partial charge in [-0.05, 0) is 41.5 Å². The molecule has 0 aliphatic heterocycles. The Morgan fingerprint density at radius 3 is 2.54 bits per heavy atom. The zero-order valence-electron chi connectivity index (χ0n) is 13.9. The third-order valence-corrected chi connectivity index (χ3v) is 4.91. The molecule has 2 atom stereocenters. The summed E-state index contributed by atoms with van der Waals surface area (Å²) in [6.45, 7) is 2.10. The third-order valence-electron chi connectivity index (χ3n) is 4.91. The van der Waals surface area contributed by atoms with Crippen LogP contribution in [0.2, 0.25) is 0 Å². The summed E-state index contributed by atoms with van der Waals surface area (Å²) in [4.78, 5) is 23.6. The van der Waals surface area contributed by atoms with Crippen molar-refractivity contribution in [3.8, 4) is 0 Å². The van der Waals surface area contributed by atoms with Crippen molar-refractivity contribution in [1.82, 2.24) is 5.32 Å². The molecule has 126 valence electrons. The Morgan fingerprint density at radius 1 is 1.17 bits per heavy atom. The number of carbonyl (C=O) groups is 2. The molecule has 0 spiro atoms. The van der Waals surface area contributed by atoms with Crippen molar-refractivity contribution in [2.75, 3.05) is 6.54 Å². The van der Waals surface area contributed by atoms with Crippen molar-refractivity contribution in [3.05, 3.63) is 48.0 Å². The number of aliphatic carboxylic acids is 1. The highest BCUT2D eigenvalue weighted by Gasteiger charge is 2.33. The topological polar surface area (TPSA) is 66.4 Å². The van der Waals surface area contributed by atoms with Crippen molar-refractivity contribution >= 4 is 22.6 Å². The standard InChI is InChI=1S/C20H23NO3/c1-13(15-8-9-15)19(22)21-12-18(20(23)24)11-14-6-7-16-4-2-3-5-17(16)10-14/h2-7,10,13,15,18H,8-9,11-12H2,1H3,(H,21,22)(H,23,24). The zero-order chi connectivity index (χ0) is 17.1. The lowest BCUT2D eigenvalue weighted by molar-refractivity contribution is -0.141. The van der Waals surface area contributed by atoms with Crippen LogP contribution in [0, 0.1) is 17.8 Å². The Morgan fingerprint density at radius 2 is 1.88 bits per heavy atom. The van der Waals surface area contributed by atoms with Crippen LogP contribution in [0.5, 0.6) is 0 Å². The number of carbonyl (C=O) groups excluding carboxylic acids is 1. The second kappa shape index (κ2) is 7.04. The largest absolute Gasteiger partial charge is 0.481 e. The first-order valence-electron chi connectivity index (χ1n) is 8.53. The van der Waals surface area contributed by atoms with Gasteiger partial charge in [0.2, 0.25) is 5.91 Å². The minimum Gasteiger partial charge on any atom is -0.481 e. The molecule has 2 aromatic carbocycles. The van der Waals surface area contributed by atoms with Gasteiger partial charge in [-0.15, -0.1) is 0 Å². The Hall–Kier alpha value is -2.36. The number of hydrogen-bond acceptors (Lipinski definition) is 2. The van der Waals surface area contributed by atoms with E-state index in [1.165, 1.54) is 0 Å². The molecular formula is C20H23NO3. The molecule has 0 aromatic heterocycles. The minimum atomic E-state index is -0.873. The predicted molar refractivity (Wildman–Crippen MR) is 93.7 cm³/mol. The lowest BCUT2D eigenvalue weighted by Gasteiger charge is -2.16. The van der Waals surface area contributed by atoms with Crippen molar-refractivity contribution in [2.24, 2.45) is 17.8 Å². The Kier molecular flexibility index (Phi) is 4.84. The lowest BCUT2D eigenvalue weighted by Crippen LogP contribution is -2.37. The molecule has 1 fully saturated rings. The van der Waals surface area contributed by atoms with Crippen LogP contribution in [0.4, 0.5) is 0 Å². The Balaban J connectivity index is 1.64. The molecule has 0 saturated heterocycles. The quantitative estimate of drug-likeness (QED) is 0.821. The average Bonchev–Trinajstić information content (AvgIpc) is 3.42. The van der Waals surface area contributed by atoms with Crippen LogP contribution >= 0.6 is 0 Å². The summed E-state index contributed by atoms with van der Waals surface area (Å²) in [6, 6.07) is 14.0. The smallest absolute Gasteiger partial charge is 0.308 e. The van der Waals surface area contributed by atoms with Gasteiger partial charge in [0, 0.05) is 12.5 Å². The van der Waals surface area contributed by atoms with E-state index in [4.69, 9.17) is 0 Å². The molecule has 4 heteroatoms. The normalized spacial score (nSPS) is 16.5. The van der Waals surface area contributed by atoms with Crippen LogP contribution in [0.1, 0.15) is 25.3 Å². The van der Waals surface area contributed by atoms with Crippen LogP contribution in [-0.2, 0) is 16.0 Å². The van der Waals surface area contributed by atoms with Crippen molar-refractivity contribution in [1.29, 1.82) is 0 Å². The maximum absolute atomic E-state index is 12.1. The number of benzene rings is 2. The fourth-order valence-electron chi connectivity index (χ4n) is 3.09. The van der Waals surface area contributed by atoms with Gasteiger partial charge in [-0.1, -0.05) is 49.4 Å². The van der Waals surface area contributed by atoms with Gasteiger partial charge in [-0.25, -0.2) is 0 Å². The van der Waals surface area contributed by atoms with Crippen molar-refractivity contribution in [3.63, 3.8) is 0 Å². The fourth-order valence-corrected chi connectivity index (χ4v) is 3.09. The first-order chi connectivity index (χ1) is 11.5. The molecule has 0 bridgehead atoms. The first-order valence-corrected chi connectivity index (χ1v) is 8.53. The van der Waals surface area contributed by atoms with E-state index in [-0.39, 0.29) is 18.4 Å². The SMILES string of the molecule is CC(C(=O)NCC(Cc1ccc2ccccc2c1)C(=O)O)C1CC1. The molecule has 24 heavy (non-hydrogen) atoms. The van der Waals surface area contributed by atoms with Gasteiger partial charge in [0.15, 0.2) is 0 Å². The summed E-state index contributed by atoms with van der Waals surface area (Å²) < 4.78 is 0. The van der Waals surface area contributed by atoms with Crippen LogP contribution < -0.4 is 5.32 Å². The third kappa shape index (κ3) is 3.94. The van der Waals surface area contributed by atoms with E-state index in [9.17, 15) is 14.7 Å². The number of fused-ring (bicyclic) bond motifs is 1. The summed E-state index contributed by atoms with van der Waals surface area (Å²) in [5.74, 6) is -1.04. The van der Waals surface area contributed by atoms with Gasteiger partial charge in [0.05, 0.1) is 5.92 Å². The highest BCUT2D eigenvalue weighted by Crippen LogP contribution is 2.36. The molecule has 1 saturated carbocycles. The van der Waals surface area contributed by atoms with E-state index in [0.29, 0.717) is 12.3 Å². The molecule has 4 nitrogen and oxygen atoms in total. The number of amides is 1.